The summed E-state index contributed by atoms with van der Waals surface area (Å²) in [5, 5.41) is 0. The number of piperazine rings is 1. The van der Waals surface area contributed by atoms with Crippen LogP contribution >= 0.6 is 11.6 Å². The molecule has 1 amide bonds. The van der Waals surface area contributed by atoms with Crippen molar-refractivity contribution in [2.75, 3.05) is 32.1 Å². The maximum atomic E-state index is 13.0. The topological polar surface area (TPSA) is 57.7 Å². The van der Waals surface area contributed by atoms with Gasteiger partial charge in [-0.05, 0) is 36.5 Å². The number of hydrogen-bond donors (Lipinski definition) is 0. The number of hydrogen-bond acceptors (Lipinski definition) is 3. The molecule has 1 saturated heterocycles. The minimum Gasteiger partial charge on any atom is -0.339 e. The first kappa shape index (κ1) is 18.7. The Morgan fingerprint density at radius 1 is 1.08 bits per heavy atom. The molecule has 1 saturated carbocycles. The number of rotatable bonds is 4. The Labute approximate surface area is 155 Å². The quantitative estimate of drug-likeness (QED) is 0.750. The fourth-order valence-corrected chi connectivity index (χ4v) is 5.42. The standard InChI is InChI=1S/C18H25ClN2O3S/c19-14-18(22)20-9-11-21(12-10-20)25(23,24)17-8-4-7-16(13-17)15-5-2-1-3-6-15/h4,7-8,13,15H,1-3,5-6,9-12,14H2. The van der Waals surface area contributed by atoms with E-state index in [-0.39, 0.29) is 11.8 Å². The SMILES string of the molecule is O=C(CCl)N1CCN(S(=O)(=O)c2cccc(C3CCCCC3)c2)CC1. The van der Waals surface area contributed by atoms with Crippen molar-refractivity contribution in [3.05, 3.63) is 29.8 Å². The zero-order valence-electron chi connectivity index (χ0n) is 14.4. The lowest BCUT2D eigenvalue weighted by Crippen LogP contribution is -2.50. The van der Waals surface area contributed by atoms with Crippen molar-refractivity contribution in [1.82, 2.24) is 9.21 Å². The van der Waals surface area contributed by atoms with Crippen molar-refractivity contribution in [2.24, 2.45) is 0 Å². The van der Waals surface area contributed by atoms with Crippen LogP contribution in [0.4, 0.5) is 0 Å². The highest BCUT2D eigenvalue weighted by Crippen LogP contribution is 2.33. The van der Waals surface area contributed by atoms with E-state index in [1.165, 1.54) is 23.6 Å². The molecule has 0 radical (unpaired) electrons. The second kappa shape index (κ2) is 8.06. The lowest BCUT2D eigenvalue weighted by molar-refractivity contribution is -0.129. The van der Waals surface area contributed by atoms with E-state index in [4.69, 9.17) is 11.6 Å². The molecule has 25 heavy (non-hydrogen) atoms. The third-order valence-electron chi connectivity index (χ3n) is 5.28. The third kappa shape index (κ3) is 4.18. The van der Waals surface area contributed by atoms with Gasteiger partial charge in [-0.2, -0.15) is 4.31 Å². The van der Waals surface area contributed by atoms with Crippen LogP contribution in [0.3, 0.4) is 0 Å². The molecule has 1 aliphatic heterocycles. The van der Waals surface area contributed by atoms with Crippen LogP contribution in [0.25, 0.3) is 0 Å². The molecule has 1 aromatic carbocycles. The highest BCUT2D eigenvalue weighted by molar-refractivity contribution is 7.89. The van der Waals surface area contributed by atoms with E-state index in [0.717, 1.165) is 18.4 Å². The van der Waals surface area contributed by atoms with Crippen LogP contribution in [-0.2, 0) is 14.8 Å². The van der Waals surface area contributed by atoms with E-state index in [0.29, 0.717) is 37.0 Å². The van der Waals surface area contributed by atoms with E-state index in [1.54, 1.807) is 11.0 Å². The molecule has 1 aromatic rings. The Morgan fingerprint density at radius 2 is 1.76 bits per heavy atom. The summed E-state index contributed by atoms with van der Waals surface area (Å²) < 4.78 is 27.4. The van der Waals surface area contributed by atoms with E-state index in [9.17, 15) is 13.2 Å². The van der Waals surface area contributed by atoms with Crippen LogP contribution in [0.1, 0.15) is 43.6 Å². The van der Waals surface area contributed by atoms with Crippen LogP contribution in [0, 0.1) is 0 Å². The van der Waals surface area contributed by atoms with Gasteiger partial charge in [0.25, 0.3) is 0 Å². The van der Waals surface area contributed by atoms with Gasteiger partial charge in [0.1, 0.15) is 5.88 Å². The van der Waals surface area contributed by atoms with Crippen molar-refractivity contribution in [3.8, 4) is 0 Å². The van der Waals surface area contributed by atoms with Crippen molar-refractivity contribution < 1.29 is 13.2 Å². The van der Waals surface area contributed by atoms with Gasteiger partial charge in [-0.25, -0.2) is 8.42 Å². The lowest BCUT2D eigenvalue weighted by atomic mass is 9.84. The van der Waals surface area contributed by atoms with Gasteiger partial charge in [-0.1, -0.05) is 31.4 Å². The van der Waals surface area contributed by atoms with Crippen LogP contribution in [0.2, 0.25) is 0 Å². The van der Waals surface area contributed by atoms with Gasteiger partial charge < -0.3 is 4.90 Å². The van der Waals surface area contributed by atoms with E-state index in [1.807, 2.05) is 18.2 Å². The number of carbonyl (C=O) groups excluding carboxylic acids is 1. The smallest absolute Gasteiger partial charge is 0.243 e. The number of alkyl halides is 1. The number of nitrogens with zero attached hydrogens (tertiary/aromatic N) is 2. The van der Waals surface area contributed by atoms with Crippen LogP contribution in [-0.4, -0.2) is 55.6 Å². The molecule has 0 bridgehead atoms. The summed E-state index contributed by atoms with van der Waals surface area (Å²) in [5.41, 5.74) is 1.14. The number of halogens is 1. The Kier molecular flexibility index (Phi) is 6.02. The first-order chi connectivity index (χ1) is 12.0. The van der Waals surface area contributed by atoms with Gasteiger partial charge in [0.05, 0.1) is 4.90 Å². The Morgan fingerprint density at radius 3 is 2.40 bits per heavy atom. The fourth-order valence-electron chi connectivity index (χ4n) is 3.78. The van der Waals surface area contributed by atoms with Crippen LogP contribution < -0.4 is 0 Å². The van der Waals surface area contributed by atoms with Crippen LogP contribution in [0.5, 0.6) is 0 Å². The van der Waals surface area contributed by atoms with Crippen molar-refractivity contribution in [1.29, 1.82) is 0 Å². The summed E-state index contributed by atoms with van der Waals surface area (Å²) in [5.74, 6) is 0.274. The molecule has 1 aliphatic carbocycles. The number of benzene rings is 1. The molecule has 0 N–H and O–H groups in total. The van der Waals surface area contributed by atoms with Gasteiger partial charge in [-0.3, -0.25) is 4.79 Å². The summed E-state index contributed by atoms with van der Waals surface area (Å²) in [4.78, 5) is 13.6. The molecule has 0 unspecified atom stereocenters. The Hall–Kier alpha value is -1.11. The Bertz CT molecular complexity index is 709. The average molecular weight is 385 g/mol. The Balaban J connectivity index is 1.73. The number of sulfonamides is 1. The molecule has 0 atom stereocenters. The summed E-state index contributed by atoms with van der Waals surface area (Å²) in [6.45, 7) is 1.43. The van der Waals surface area contributed by atoms with E-state index >= 15 is 0 Å². The van der Waals surface area contributed by atoms with E-state index < -0.39 is 10.0 Å². The normalized spacial score (nSPS) is 20.6. The summed E-state index contributed by atoms with van der Waals surface area (Å²) in [7, 11) is -3.52. The first-order valence-electron chi connectivity index (χ1n) is 8.96. The monoisotopic (exact) mass is 384 g/mol. The molecule has 5 nitrogen and oxygen atoms in total. The van der Waals surface area contributed by atoms with Gasteiger partial charge in [0.15, 0.2) is 0 Å². The molecule has 7 heteroatoms. The largest absolute Gasteiger partial charge is 0.339 e. The molecular weight excluding hydrogens is 360 g/mol. The third-order valence-corrected chi connectivity index (χ3v) is 7.40. The highest BCUT2D eigenvalue weighted by atomic mass is 35.5. The molecule has 138 valence electrons. The number of carbonyl (C=O) groups is 1. The molecule has 2 fully saturated rings. The minimum absolute atomic E-state index is 0.0593. The first-order valence-corrected chi connectivity index (χ1v) is 10.9. The predicted molar refractivity (Wildman–Crippen MR) is 98.3 cm³/mol. The minimum atomic E-state index is -3.52. The van der Waals surface area contributed by atoms with Crippen molar-refractivity contribution in [3.63, 3.8) is 0 Å². The van der Waals surface area contributed by atoms with Gasteiger partial charge in [-0.15, -0.1) is 11.6 Å². The second-order valence-corrected chi connectivity index (χ2v) is 9.03. The predicted octanol–water partition coefficient (Wildman–Crippen LogP) is 2.81. The molecule has 3 rings (SSSR count). The molecule has 1 heterocycles. The lowest BCUT2D eigenvalue weighted by Gasteiger charge is -2.33. The summed E-state index contributed by atoms with van der Waals surface area (Å²) >= 11 is 5.58. The van der Waals surface area contributed by atoms with E-state index in [2.05, 4.69) is 0 Å². The summed E-state index contributed by atoms with van der Waals surface area (Å²) in [6, 6.07) is 7.43. The molecule has 2 aliphatic rings. The molecular formula is C18H25ClN2O3S. The van der Waals surface area contributed by atoms with Crippen molar-refractivity contribution >= 4 is 27.5 Å². The maximum Gasteiger partial charge on any atom is 0.243 e. The zero-order chi connectivity index (χ0) is 17.9. The van der Waals surface area contributed by atoms with Crippen LogP contribution in [0.15, 0.2) is 29.2 Å². The van der Waals surface area contributed by atoms with Gasteiger partial charge in [0.2, 0.25) is 15.9 Å². The average Bonchev–Trinajstić information content (AvgIpc) is 2.68. The fraction of sp³-hybridized carbons (Fsp3) is 0.611. The number of amides is 1. The second-order valence-electron chi connectivity index (χ2n) is 6.83. The molecule has 0 aromatic heterocycles. The van der Waals surface area contributed by atoms with Gasteiger partial charge >= 0.3 is 0 Å². The highest BCUT2D eigenvalue weighted by Gasteiger charge is 2.30. The van der Waals surface area contributed by atoms with Crippen molar-refractivity contribution in [2.45, 2.75) is 42.9 Å². The molecule has 0 spiro atoms. The zero-order valence-corrected chi connectivity index (χ0v) is 15.9. The summed E-state index contributed by atoms with van der Waals surface area (Å²) in [6.07, 6.45) is 6.00. The van der Waals surface area contributed by atoms with Gasteiger partial charge in [0, 0.05) is 26.2 Å². The maximum absolute atomic E-state index is 13.0.